The Hall–Kier alpha value is -0.990. The molecule has 3 heteroatoms. The largest absolute Gasteiger partial charge is 0.459 e. The molecule has 0 amide bonds. The van der Waals surface area contributed by atoms with Crippen LogP contribution in [0.15, 0.2) is 12.3 Å². The first-order valence-electron chi connectivity index (χ1n) is 4.12. The van der Waals surface area contributed by atoms with Crippen LogP contribution >= 0.6 is 0 Å². The minimum absolute atomic E-state index is 0.107. The first kappa shape index (κ1) is 9.10. The van der Waals surface area contributed by atoms with Gasteiger partial charge in [0.2, 0.25) is 0 Å². The van der Waals surface area contributed by atoms with E-state index in [1.54, 1.807) is 6.20 Å². The molecule has 0 saturated heterocycles. The van der Waals surface area contributed by atoms with Crippen molar-refractivity contribution >= 4 is 5.97 Å². The van der Waals surface area contributed by atoms with E-state index >= 15 is 0 Å². The van der Waals surface area contributed by atoms with Gasteiger partial charge in [0.05, 0.1) is 5.92 Å². The third kappa shape index (κ3) is 2.57. The molecule has 0 aromatic carbocycles. The highest BCUT2D eigenvalue weighted by Crippen LogP contribution is 2.13. The normalized spacial score (nSPS) is 22.1. The van der Waals surface area contributed by atoms with Crippen LogP contribution in [0, 0.1) is 5.92 Å². The van der Waals surface area contributed by atoms with Gasteiger partial charge in [-0.3, -0.25) is 4.79 Å². The van der Waals surface area contributed by atoms with Crippen LogP contribution in [0.5, 0.6) is 0 Å². The minimum Gasteiger partial charge on any atom is -0.459 e. The molecule has 1 unspecified atom stereocenters. The Morgan fingerprint density at radius 3 is 2.67 bits per heavy atom. The number of rotatable bonds is 1. The van der Waals surface area contributed by atoms with E-state index in [-0.39, 0.29) is 17.5 Å². The number of nitrogens with one attached hydrogen (secondary N) is 1. The van der Waals surface area contributed by atoms with E-state index < -0.39 is 0 Å². The lowest BCUT2D eigenvalue weighted by molar-refractivity contribution is -0.157. The van der Waals surface area contributed by atoms with Crippen molar-refractivity contribution in [2.24, 2.45) is 5.92 Å². The van der Waals surface area contributed by atoms with Gasteiger partial charge in [-0.2, -0.15) is 0 Å². The van der Waals surface area contributed by atoms with Crippen LogP contribution in [0.2, 0.25) is 0 Å². The highest BCUT2D eigenvalue weighted by molar-refractivity contribution is 5.75. The average molecular weight is 169 g/mol. The lowest BCUT2D eigenvalue weighted by Gasteiger charge is -2.21. The molecule has 12 heavy (non-hydrogen) atoms. The number of carbonyl (C=O) groups is 1. The summed E-state index contributed by atoms with van der Waals surface area (Å²) in [6.45, 7) is 6.28. The van der Waals surface area contributed by atoms with Gasteiger partial charge in [0.25, 0.3) is 0 Å². The SMILES string of the molecule is CC(C)(C)OC(=O)C1C=CNC1. The molecule has 0 saturated carbocycles. The van der Waals surface area contributed by atoms with Gasteiger partial charge in [-0.05, 0) is 27.0 Å². The zero-order valence-corrected chi connectivity index (χ0v) is 7.76. The molecule has 0 radical (unpaired) electrons. The predicted molar refractivity (Wildman–Crippen MR) is 46.5 cm³/mol. The van der Waals surface area contributed by atoms with Crippen LogP contribution in [0.25, 0.3) is 0 Å². The quantitative estimate of drug-likeness (QED) is 0.596. The molecule has 0 bridgehead atoms. The molecule has 68 valence electrons. The van der Waals surface area contributed by atoms with Gasteiger partial charge >= 0.3 is 5.97 Å². The predicted octanol–water partition coefficient (Wildman–Crippen LogP) is 1.06. The van der Waals surface area contributed by atoms with Gasteiger partial charge in [0.15, 0.2) is 0 Å². The summed E-state index contributed by atoms with van der Waals surface area (Å²) < 4.78 is 5.19. The zero-order chi connectivity index (χ0) is 9.19. The van der Waals surface area contributed by atoms with Crippen LogP contribution in [0.1, 0.15) is 20.8 Å². The molecule has 1 aliphatic heterocycles. The van der Waals surface area contributed by atoms with E-state index in [0.29, 0.717) is 6.54 Å². The van der Waals surface area contributed by atoms with Gasteiger partial charge < -0.3 is 10.1 Å². The summed E-state index contributed by atoms with van der Waals surface area (Å²) in [5.74, 6) is -0.257. The third-order valence-corrected chi connectivity index (χ3v) is 1.49. The minimum atomic E-state index is -0.381. The maximum atomic E-state index is 11.3. The van der Waals surface area contributed by atoms with Crippen molar-refractivity contribution in [2.45, 2.75) is 26.4 Å². The Morgan fingerprint density at radius 1 is 1.58 bits per heavy atom. The van der Waals surface area contributed by atoms with Gasteiger partial charge in [-0.15, -0.1) is 0 Å². The monoisotopic (exact) mass is 169 g/mol. The lowest BCUT2D eigenvalue weighted by atomic mass is 10.1. The van der Waals surface area contributed by atoms with Gasteiger partial charge in [0.1, 0.15) is 5.60 Å². The van der Waals surface area contributed by atoms with E-state index in [2.05, 4.69) is 5.32 Å². The van der Waals surface area contributed by atoms with Crippen LogP contribution < -0.4 is 5.32 Å². The fourth-order valence-corrected chi connectivity index (χ4v) is 0.987. The summed E-state index contributed by atoms with van der Waals surface area (Å²) in [4.78, 5) is 11.3. The molecule has 0 spiro atoms. The van der Waals surface area contributed by atoms with Crippen molar-refractivity contribution in [1.82, 2.24) is 5.32 Å². The second kappa shape index (κ2) is 3.17. The first-order valence-corrected chi connectivity index (χ1v) is 4.12. The molecular weight excluding hydrogens is 154 g/mol. The van der Waals surface area contributed by atoms with Crippen LogP contribution in [-0.4, -0.2) is 18.1 Å². The van der Waals surface area contributed by atoms with Crippen LogP contribution in [-0.2, 0) is 9.53 Å². The summed E-state index contributed by atoms with van der Waals surface area (Å²) in [6, 6.07) is 0. The van der Waals surface area contributed by atoms with E-state index in [9.17, 15) is 4.79 Å². The fourth-order valence-electron chi connectivity index (χ4n) is 0.987. The highest BCUT2D eigenvalue weighted by Gasteiger charge is 2.24. The Morgan fingerprint density at radius 2 is 2.25 bits per heavy atom. The van der Waals surface area contributed by atoms with Crippen LogP contribution in [0.4, 0.5) is 0 Å². The Labute approximate surface area is 72.8 Å². The highest BCUT2D eigenvalue weighted by atomic mass is 16.6. The summed E-state index contributed by atoms with van der Waals surface area (Å²) >= 11 is 0. The third-order valence-electron chi connectivity index (χ3n) is 1.49. The van der Waals surface area contributed by atoms with Crippen molar-refractivity contribution in [3.63, 3.8) is 0 Å². The molecule has 1 heterocycles. The molecule has 1 N–H and O–H groups in total. The maximum absolute atomic E-state index is 11.3. The van der Waals surface area contributed by atoms with Crippen molar-refractivity contribution in [2.75, 3.05) is 6.54 Å². The lowest BCUT2D eigenvalue weighted by Crippen LogP contribution is -2.29. The molecule has 1 aliphatic rings. The van der Waals surface area contributed by atoms with E-state index in [1.165, 1.54) is 0 Å². The van der Waals surface area contributed by atoms with E-state index in [0.717, 1.165) is 0 Å². The fraction of sp³-hybridized carbons (Fsp3) is 0.667. The molecular formula is C9H15NO2. The Balaban J connectivity index is 2.43. The second-order valence-corrected chi connectivity index (χ2v) is 3.91. The summed E-state index contributed by atoms with van der Waals surface area (Å²) in [7, 11) is 0. The molecule has 3 nitrogen and oxygen atoms in total. The van der Waals surface area contributed by atoms with E-state index in [1.807, 2.05) is 26.8 Å². The van der Waals surface area contributed by atoms with Gasteiger partial charge in [0, 0.05) is 6.54 Å². The van der Waals surface area contributed by atoms with E-state index in [4.69, 9.17) is 4.74 Å². The molecule has 1 rings (SSSR count). The van der Waals surface area contributed by atoms with Gasteiger partial charge in [-0.25, -0.2) is 0 Å². The van der Waals surface area contributed by atoms with Crippen LogP contribution in [0.3, 0.4) is 0 Å². The second-order valence-electron chi connectivity index (χ2n) is 3.91. The number of ether oxygens (including phenoxy) is 1. The number of hydrogen-bond acceptors (Lipinski definition) is 3. The smallest absolute Gasteiger partial charge is 0.315 e. The standard InChI is InChI=1S/C9H15NO2/c1-9(2,3)12-8(11)7-4-5-10-6-7/h4-5,7,10H,6H2,1-3H3. The Bertz CT molecular complexity index is 203. The average Bonchev–Trinajstić information content (AvgIpc) is 2.32. The molecule has 0 aromatic heterocycles. The van der Waals surface area contributed by atoms with Crippen molar-refractivity contribution in [3.8, 4) is 0 Å². The molecule has 0 aliphatic carbocycles. The van der Waals surface area contributed by atoms with Crippen molar-refractivity contribution in [1.29, 1.82) is 0 Å². The number of carbonyl (C=O) groups excluding carboxylic acids is 1. The molecule has 0 aromatic rings. The summed E-state index contributed by atoms with van der Waals surface area (Å²) in [5.41, 5.74) is -0.381. The number of esters is 1. The van der Waals surface area contributed by atoms with Crippen molar-refractivity contribution in [3.05, 3.63) is 12.3 Å². The topological polar surface area (TPSA) is 38.3 Å². The Kier molecular flexibility index (Phi) is 2.40. The molecule has 0 fully saturated rings. The van der Waals surface area contributed by atoms with Crippen molar-refractivity contribution < 1.29 is 9.53 Å². The summed E-state index contributed by atoms with van der Waals surface area (Å²) in [6.07, 6.45) is 3.61. The first-order chi connectivity index (χ1) is 5.49. The summed E-state index contributed by atoms with van der Waals surface area (Å²) in [5, 5.41) is 2.96. The zero-order valence-electron chi connectivity index (χ0n) is 7.76. The number of hydrogen-bond donors (Lipinski definition) is 1. The maximum Gasteiger partial charge on any atom is 0.315 e. The molecule has 1 atom stereocenters. The van der Waals surface area contributed by atoms with Gasteiger partial charge in [-0.1, -0.05) is 6.08 Å².